The summed E-state index contributed by atoms with van der Waals surface area (Å²) in [5, 5.41) is 10.5. The summed E-state index contributed by atoms with van der Waals surface area (Å²) in [5.41, 5.74) is 3.18. The number of benzene rings is 2. The van der Waals surface area contributed by atoms with E-state index in [0.717, 1.165) is 5.56 Å². The Morgan fingerprint density at radius 3 is 2.34 bits per heavy atom. The Balaban J connectivity index is 2.02. The second kappa shape index (κ2) is 8.04. The third kappa shape index (κ3) is 3.58. The Hall–Kier alpha value is -3.80. The normalized spacial score (nSPS) is 18.6. The summed E-state index contributed by atoms with van der Waals surface area (Å²) in [6, 6.07) is 13.6. The van der Waals surface area contributed by atoms with Crippen LogP contribution in [0.25, 0.3) is 11.0 Å². The number of allylic oxidation sites excluding steroid dienone is 2. The number of aryl methyl sites for hydroxylation is 2. The molecule has 1 aliphatic rings. The van der Waals surface area contributed by atoms with Crippen molar-refractivity contribution in [2.75, 3.05) is 0 Å². The van der Waals surface area contributed by atoms with Gasteiger partial charge in [-0.05, 0) is 33.8 Å². The van der Waals surface area contributed by atoms with Gasteiger partial charge in [0.15, 0.2) is 11.2 Å². The van der Waals surface area contributed by atoms with Crippen LogP contribution in [0.15, 0.2) is 74.0 Å². The van der Waals surface area contributed by atoms with Gasteiger partial charge in [0.25, 0.3) is 0 Å². The summed E-state index contributed by atoms with van der Waals surface area (Å²) in [6.07, 6.45) is 0. The van der Waals surface area contributed by atoms with Gasteiger partial charge in [-0.25, -0.2) is 0 Å². The number of carboxylic acid groups (broad SMARTS) is 1. The zero-order valence-electron chi connectivity index (χ0n) is 18.3. The largest absolute Gasteiger partial charge is 0.481 e. The lowest BCUT2D eigenvalue weighted by Gasteiger charge is -2.31. The molecule has 2 atom stereocenters. The predicted molar refractivity (Wildman–Crippen MR) is 122 cm³/mol. The lowest BCUT2D eigenvalue weighted by Crippen LogP contribution is -2.35. The third-order valence-electron chi connectivity index (χ3n) is 5.90. The van der Waals surface area contributed by atoms with E-state index in [1.54, 1.807) is 51.1 Å². The van der Waals surface area contributed by atoms with Crippen LogP contribution in [0, 0.1) is 19.8 Å². The van der Waals surface area contributed by atoms with E-state index in [9.17, 15) is 19.5 Å². The molecule has 2 heterocycles. The monoisotopic (exact) mass is 429 g/mol. The molecule has 1 N–H and O–H groups in total. The highest BCUT2D eigenvalue weighted by Gasteiger charge is 2.42. The second-order valence-electron chi connectivity index (χ2n) is 8.19. The lowest BCUT2D eigenvalue weighted by molar-refractivity contribution is -0.139. The van der Waals surface area contributed by atoms with Crippen LogP contribution in [0.4, 0.5) is 0 Å². The van der Waals surface area contributed by atoms with Gasteiger partial charge in [0, 0.05) is 40.1 Å². The summed E-state index contributed by atoms with van der Waals surface area (Å²) in [4.78, 5) is 43.0. The third-order valence-corrected chi connectivity index (χ3v) is 5.90. The van der Waals surface area contributed by atoms with Crippen LogP contribution in [-0.2, 0) is 4.79 Å². The van der Waals surface area contributed by atoms with E-state index in [4.69, 9.17) is 4.42 Å². The highest BCUT2D eigenvalue weighted by atomic mass is 16.4. The van der Waals surface area contributed by atoms with Gasteiger partial charge < -0.3 is 9.52 Å². The molecule has 0 spiro atoms. The van der Waals surface area contributed by atoms with Gasteiger partial charge in [-0.15, -0.1) is 0 Å². The molecule has 32 heavy (non-hydrogen) atoms. The number of aliphatic carboxylic acids is 1. The molecular weight excluding hydrogens is 406 g/mol. The molecule has 2 aromatic carbocycles. The van der Waals surface area contributed by atoms with E-state index in [1.165, 1.54) is 6.07 Å². The number of carbonyl (C=O) groups is 2. The van der Waals surface area contributed by atoms with Crippen LogP contribution >= 0.6 is 0 Å². The van der Waals surface area contributed by atoms with E-state index in [1.807, 2.05) is 19.1 Å². The Labute approximate surface area is 184 Å². The molecule has 6 heteroatoms. The molecule has 3 aromatic rings. The Bertz CT molecular complexity index is 1380. The van der Waals surface area contributed by atoms with Crippen molar-refractivity contribution in [1.82, 2.24) is 0 Å². The van der Waals surface area contributed by atoms with Gasteiger partial charge in [0.05, 0.1) is 5.39 Å². The van der Waals surface area contributed by atoms with Crippen LogP contribution in [0.1, 0.15) is 47.0 Å². The SMILES string of the molecule is CC1=NC(C)=C(C(=O)c2ccc(C)cc2)C(c2cccc3c(=O)cc(C)oc23)C1C(=O)O. The van der Waals surface area contributed by atoms with E-state index in [2.05, 4.69) is 4.99 Å². The van der Waals surface area contributed by atoms with E-state index in [-0.39, 0.29) is 11.2 Å². The first-order valence-electron chi connectivity index (χ1n) is 10.3. The Kier molecular flexibility index (Phi) is 5.38. The maximum Gasteiger partial charge on any atom is 0.313 e. The van der Waals surface area contributed by atoms with Crippen molar-refractivity contribution >= 4 is 28.4 Å². The highest BCUT2D eigenvalue weighted by molar-refractivity contribution is 6.14. The number of Topliss-reactive ketones (excluding diaryl/α,β-unsaturated/α-hetero) is 1. The van der Waals surface area contributed by atoms with E-state index in [0.29, 0.717) is 44.8 Å². The van der Waals surface area contributed by atoms with E-state index < -0.39 is 17.8 Å². The molecule has 6 nitrogen and oxygen atoms in total. The number of carbonyl (C=O) groups excluding carboxylic acids is 1. The van der Waals surface area contributed by atoms with Gasteiger partial charge in [-0.3, -0.25) is 19.4 Å². The summed E-state index contributed by atoms with van der Waals surface area (Å²) in [7, 11) is 0. The molecular formula is C26H23NO5. The number of hydrogen-bond acceptors (Lipinski definition) is 5. The number of para-hydroxylation sites is 1. The van der Waals surface area contributed by atoms with Crippen molar-refractivity contribution in [3.05, 3.63) is 92.5 Å². The number of ketones is 1. The van der Waals surface area contributed by atoms with Gasteiger partial charge in [0.1, 0.15) is 17.3 Å². The molecule has 0 saturated carbocycles. The second-order valence-corrected chi connectivity index (χ2v) is 8.19. The molecule has 0 bridgehead atoms. The van der Waals surface area contributed by atoms with Crippen molar-refractivity contribution in [1.29, 1.82) is 0 Å². The predicted octanol–water partition coefficient (Wildman–Crippen LogP) is 4.83. The molecule has 0 radical (unpaired) electrons. The van der Waals surface area contributed by atoms with Crippen LogP contribution in [0.3, 0.4) is 0 Å². The number of fused-ring (bicyclic) bond motifs is 1. The number of nitrogens with zero attached hydrogens (tertiary/aromatic N) is 1. The van der Waals surface area contributed by atoms with Crippen LogP contribution in [0.5, 0.6) is 0 Å². The van der Waals surface area contributed by atoms with Crippen LogP contribution in [-0.4, -0.2) is 22.6 Å². The summed E-state index contributed by atoms with van der Waals surface area (Å²) in [6.45, 7) is 6.95. The summed E-state index contributed by atoms with van der Waals surface area (Å²) < 4.78 is 5.91. The average molecular weight is 429 g/mol. The maximum absolute atomic E-state index is 13.6. The zero-order chi connectivity index (χ0) is 23.2. The molecule has 0 fully saturated rings. The first kappa shape index (κ1) is 21.4. The van der Waals surface area contributed by atoms with Crippen molar-refractivity contribution in [3.8, 4) is 0 Å². The number of aliphatic imine (C=N–C) groups is 1. The van der Waals surface area contributed by atoms with Crippen molar-refractivity contribution in [2.45, 2.75) is 33.6 Å². The fourth-order valence-electron chi connectivity index (χ4n) is 4.41. The molecule has 4 rings (SSSR count). The smallest absolute Gasteiger partial charge is 0.313 e. The van der Waals surface area contributed by atoms with Gasteiger partial charge >= 0.3 is 5.97 Å². The maximum atomic E-state index is 13.6. The minimum atomic E-state index is -1.09. The van der Waals surface area contributed by atoms with Crippen LogP contribution < -0.4 is 5.43 Å². The first-order chi connectivity index (χ1) is 15.2. The van der Waals surface area contributed by atoms with Crippen molar-refractivity contribution < 1.29 is 19.1 Å². The number of hydrogen-bond donors (Lipinski definition) is 1. The van der Waals surface area contributed by atoms with Crippen molar-refractivity contribution in [3.63, 3.8) is 0 Å². The minimum absolute atomic E-state index is 0.217. The van der Waals surface area contributed by atoms with Gasteiger partial charge in [0.2, 0.25) is 0 Å². The molecule has 2 unspecified atom stereocenters. The highest BCUT2D eigenvalue weighted by Crippen LogP contribution is 2.42. The first-order valence-corrected chi connectivity index (χ1v) is 10.3. The fraction of sp³-hybridized carbons (Fsp3) is 0.231. The quantitative estimate of drug-likeness (QED) is 0.600. The number of rotatable bonds is 4. The van der Waals surface area contributed by atoms with Crippen molar-refractivity contribution in [2.24, 2.45) is 10.9 Å². The standard InChI is InChI=1S/C26H23NO5/c1-13-8-10-17(11-9-13)24(29)21-15(3)27-16(4)22(26(30)31)23(21)19-7-5-6-18-20(28)12-14(2)32-25(18)19/h5-12,22-23H,1-4H3,(H,30,31). The van der Waals surface area contributed by atoms with Gasteiger partial charge in [-0.1, -0.05) is 42.0 Å². The summed E-state index contributed by atoms with van der Waals surface area (Å²) >= 11 is 0. The molecule has 0 amide bonds. The number of carboxylic acids is 1. The fourth-order valence-corrected chi connectivity index (χ4v) is 4.41. The van der Waals surface area contributed by atoms with Gasteiger partial charge in [-0.2, -0.15) is 0 Å². The molecule has 1 aliphatic heterocycles. The topological polar surface area (TPSA) is 96.9 Å². The molecule has 162 valence electrons. The molecule has 0 saturated heterocycles. The lowest BCUT2D eigenvalue weighted by atomic mass is 9.73. The van der Waals surface area contributed by atoms with E-state index >= 15 is 0 Å². The molecule has 0 aliphatic carbocycles. The zero-order valence-corrected chi connectivity index (χ0v) is 18.3. The average Bonchev–Trinajstić information content (AvgIpc) is 2.72. The van der Waals surface area contributed by atoms with Crippen LogP contribution in [0.2, 0.25) is 0 Å². The minimum Gasteiger partial charge on any atom is -0.481 e. The molecule has 1 aromatic heterocycles. The Morgan fingerprint density at radius 1 is 1.00 bits per heavy atom. The Morgan fingerprint density at radius 2 is 1.69 bits per heavy atom. The summed E-state index contributed by atoms with van der Waals surface area (Å²) in [5.74, 6) is -2.89.